The summed E-state index contributed by atoms with van der Waals surface area (Å²) in [6.07, 6.45) is 3.58. The Hall–Kier alpha value is -2.37. The van der Waals surface area contributed by atoms with E-state index in [-0.39, 0.29) is 10.6 Å². The molecule has 0 bridgehead atoms. The summed E-state index contributed by atoms with van der Waals surface area (Å²) >= 11 is 0. The van der Waals surface area contributed by atoms with Crippen molar-refractivity contribution in [2.75, 3.05) is 5.32 Å². The van der Waals surface area contributed by atoms with E-state index >= 15 is 0 Å². The highest BCUT2D eigenvalue weighted by molar-refractivity contribution is 5.45. The Morgan fingerprint density at radius 3 is 2.89 bits per heavy atom. The van der Waals surface area contributed by atoms with Crippen molar-refractivity contribution in [2.45, 2.75) is 20.0 Å². The summed E-state index contributed by atoms with van der Waals surface area (Å²) in [4.78, 5) is 10.5. The fraction of sp³-hybridized carbons (Fsp3) is 0.250. The first-order valence-corrected chi connectivity index (χ1v) is 5.69. The molecule has 1 heterocycles. The molecule has 0 aliphatic rings. The highest BCUT2D eigenvalue weighted by atomic mass is 16.6. The third-order valence-electron chi connectivity index (χ3n) is 2.63. The average molecular weight is 246 g/mol. The Bertz CT molecular complexity index is 551. The molecular formula is C12H14N4O2. The number of rotatable bonds is 5. The van der Waals surface area contributed by atoms with Gasteiger partial charge in [-0.2, -0.15) is 5.10 Å². The number of nitrogens with one attached hydrogen (secondary N) is 1. The maximum Gasteiger partial charge on any atom is 0.274 e. The second-order valence-corrected chi connectivity index (χ2v) is 3.82. The van der Waals surface area contributed by atoms with Gasteiger partial charge in [0.15, 0.2) is 0 Å². The number of anilines is 1. The van der Waals surface area contributed by atoms with Crippen molar-refractivity contribution in [3.8, 4) is 0 Å². The van der Waals surface area contributed by atoms with Crippen LogP contribution in [0.1, 0.15) is 12.5 Å². The molecule has 0 spiro atoms. The zero-order chi connectivity index (χ0) is 13.0. The zero-order valence-electron chi connectivity index (χ0n) is 10.0. The van der Waals surface area contributed by atoms with Crippen LogP contribution in [0.15, 0.2) is 36.7 Å². The number of hydrogen-bond donors (Lipinski definition) is 1. The summed E-state index contributed by atoms with van der Waals surface area (Å²) in [6.45, 7) is 3.21. The average Bonchev–Trinajstić information content (AvgIpc) is 2.84. The van der Waals surface area contributed by atoms with Crippen LogP contribution < -0.4 is 5.32 Å². The van der Waals surface area contributed by atoms with E-state index < -0.39 is 0 Å². The minimum Gasteiger partial charge on any atom is -0.378 e. The molecule has 0 radical (unpaired) electrons. The topological polar surface area (TPSA) is 73.0 Å². The predicted octanol–water partition coefficient (Wildman–Crippen LogP) is 2.42. The van der Waals surface area contributed by atoms with Crippen LogP contribution in [-0.4, -0.2) is 14.7 Å². The van der Waals surface area contributed by atoms with Gasteiger partial charge in [0.1, 0.15) is 0 Å². The van der Waals surface area contributed by atoms with Gasteiger partial charge < -0.3 is 5.32 Å². The molecule has 18 heavy (non-hydrogen) atoms. The Balaban J connectivity index is 2.08. The van der Waals surface area contributed by atoms with E-state index in [9.17, 15) is 10.1 Å². The highest BCUT2D eigenvalue weighted by Gasteiger charge is 2.11. The fourth-order valence-corrected chi connectivity index (χ4v) is 1.66. The van der Waals surface area contributed by atoms with E-state index in [4.69, 9.17) is 0 Å². The summed E-state index contributed by atoms with van der Waals surface area (Å²) in [5.74, 6) is 0. The number of aromatic nitrogens is 2. The van der Waals surface area contributed by atoms with Gasteiger partial charge in [0.2, 0.25) is 0 Å². The van der Waals surface area contributed by atoms with Crippen LogP contribution in [0.3, 0.4) is 0 Å². The molecule has 6 nitrogen and oxygen atoms in total. The number of aryl methyl sites for hydroxylation is 1. The summed E-state index contributed by atoms with van der Waals surface area (Å²) in [5.41, 5.74) is 1.65. The van der Waals surface area contributed by atoms with Gasteiger partial charge in [-0.25, -0.2) is 0 Å². The smallest absolute Gasteiger partial charge is 0.274 e. The summed E-state index contributed by atoms with van der Waals surface area (Å²) in [7, 11) is 0. The lowest BCUT2D eigenvalue weighted by Gasteiger charge is -2.04. The highest BCUT2D eigenvalue weighted by Crippen LogP contribution is 2.18. The van der Waals surface area contributed by atoms with E-state index in [1.165, 1.54) is 6.07 Å². The number of nitro benzene ring substituents is 1. The lowest BCUT2D eigenvalue weighted by Crippen LogP contribution is -2.02. The van der Waals surface area contributed by atoms with Gasteiger partial charge in [-0.05, 0) is 6.92 Å². The van der Waals surface area contributed by atoms with Gasteiger partial charge in [0, 0.05) is 30.9 Å². The molecule has 0 atom stereocenters. The molecule has 0 amide bonds. The van der Waals surface area contributed by atoms with Gasteiger partial charge in [0.05, 0.1) is 16.8 Å². The fourth-order valence-electron chi connectivity index (χ4n) is 1.66. The largest absolute Gasteiger partial charge is 0.378 e. The summed E-state index contributed by atoms with van der Waals surface area (Å²) in [5, 5.41) is 18.1. The quantitative estimate of drug-likeness (QED) is 0.649. The monoisotopic (exact) mass is 246 g/mol. The van der Waals surface area contributed by atoms with E-state index in [0.29, 0.717) is 12.1 Å². The minimum atomic E-state index is -0.369. The van der Waals surface area contributed by atoms with Crippen LogP contribution in [0.5, 0.6) is 0 Å². The van der Waals surface area contributed by atoms with Crippen LogP contribution in [-0.2, 0) is 13.1 Å². The number of nitrogens with zero attached hydrogens (tertiary/aromatic N) is 3. The minimum absolute atomic E-state index is 0.132. The first kappa shape index (κ1) is 12.1. The molecule has 0 fully saturated rings. The number of hydrogen-bond acceptors (Lipinski definition) is 4. The van der Waals surface area contributed by atoms with Gasteiger partial charge >= 0.3 is 0 Å². The molecular weight excluding hydrogens is 232 g/mol. The van der Waals surface area contributed by atoms with Crippen molar-refractivity contribution in [1.29, 1.82) is 0 Å². The molecule has 94 valence electrons. The van der Waals surface area contributed by atoms with Crippen LogP contribution in [0.25, 0.3) is 0 Å². The second-order valence-electron chi connectivity index (χ2n) is 3.82. The standard InChI is InChI=1S/C12H14N4O2/c1-2-15-9-11(8-14-15)13-7-10-5-3-4-6-12(10)16(17)18/h3-6,8-9,13H,2,7H2,1H3. The SMILES string of the molecule is CCn1cc(NCc2ccccc2[N+](=O)[O-])cn1. The molecule has 0 unspecified atom stereocenters. The first-order chi connectivity index (χ1) is 8.70. The summed E-state index contributed by atoms with van der Waals surface area (Å²) in [6, 6.07) is 6.71. The van der Waals surface area contributed by atoms with Crippen molar-refractivity contribution in [3.63, 3.8) is 0 Å². The molecule has 2 rings (SSSR count). The van der Waals surface area contributed by atoms with Gasteiger partial charge in [-0.3, -0.25) is 14.8 Å². The number of benzene rings is 1. The zero-order valence-corrected chi connectivity index (χ0v) is 10.0. The number of para-hydroxylation sites is 1. The van der Waals surface area contributed by atoms with E-state index in [2.05, 4.69) is 10.4 Å². The molecule has 6 heteroatoms. The molecule has 2 aromatic rings. The molecule has 0 aliphatic carbocycles. The Kier molecular flexibility index (Phi) is 3.57. The molecule has 1 N–H and O–H groups in total. The van der Waals surface area contributed by atoms with Gasteiger partial charge in [-0.15, -0.1) is 0 Å². The second kappa shape index (κ2) is 5.31. The Labute approximate surface area is 104 Å². The van der Waals surface area contributed by atoms with Crippen molar-refractivity contribution in [3.05, 3.63) is 52.3 Å². The molecule has 0 saturated heterocycles. The van der Waals surface area contributed by atoms with E-state index in [1.807, 2.05) is 13.1 Å². The van der Waals surface area contributed by atoms with Gasteiger partial charge in [-0.1, -0.05) is 18.2 Å². The van der Waals surface area contributed by atoms with Crippen LogP contribution in [0.4, 0.5) is 11.4 Å². The molecule has 1 aromatic carbocycles. The summed E-state index contributed by atoms with van der Waals surface area (Å²) < 4.78 is 1.79. The third kappa shape index (κ3) is 2.65. The Morgan fingerprint density at radius 2 is 2.22 bits per heavy atom. The van der Waals surface area contributed by atoms with E-state index in [0.717, 1.165) is 12.2 Å². The van der Waals surface area contributed by atoms with Gasteiger partial charge in [0.25, 0.3) is 5.69 Å². The number of nitro groups is 1. The van der Waals surface area contributed by atoms with Crippen molar-refractivity contribution in [1.82, 2.24) is 9.78 Å². The Morgan fingerprint density at radius 1 is 1.44 bits per heavy atom. The normalized spacial score (nSPS) is 10.3. The van der Waals surface area contributed by atoms with Crippen LogP contribution in [0.2, 0.25) is 0 Å². The lowest BCUT2D eigenvalue weighted by atomic mass is 10.2. The predicted molar refractivity (Wildman–Crippen MR) is 68.3 cm³/mol. The van der Waals surface area contributed by atoms with Crippen LogP contribution >= 0.6 is 0 Å². The van der Waals surface area contributed by atoms with Crippen molar-refractivity contribution in [2.24, 2.45) is 0 Å². The maximum absolute atomic E-state index is 10.8. The van der Waals surface area contributed by atoms with Crippen molar-refractivity contribution >= 4 is 11.4 Å². The van der Waals surface area contributed by atoms with Crippen molar-refractivity contribution < 1.29 is 4.92 Å². The molecule has 1 aromatic heterocycles. The molecule has 0 aliphatic heterocycles. The third-order valence-corrected chi connectivity index (χ3v) is 2.63. The maximum atomic E-state index is 10.8. The van der Waals surface area contributed by atoms with E-state index in [1.54, 1.807) is 29.1 Å². The van der Waals surface area contributed by atoms with Crippen LogP contribution in [0, 0.1) is 10.1 Å². The first-order valence-electron chi connectivity index (χ1n) is 5.69. The lowest BCUT2D eigenvalue weighted by molar-refractivity contribution is -0.385. The molecule has 0 saturated carbocycles.